The Morgan fingerprint density at radius 1 is 1.45 bits per heavy atom. The van der Waals surface area contributed by atoms with E-state index in [1.165, 1.54) is 18.2 Å². The van der Waals surface area contributed by atoms with Crippen LogP contribution in [0.5, 0.6) is 0 Å². The number of hydrogen-bond acceptors (Lipinski definition) is 2. The third kappa shape index (κ3) is 3.96. The van der Waals surface area contributed by atoms with Gasteiger partial charge in [0.1, 0.15) is 5.82 Å². The average Bonchev–Trinajstić information content (AvgIpc) is 2.37. The molecule has 1 aliphatic rings. The molecule has 110 valence electrons. The first kappa shape index (κ1) is 14.8. The van der Waals surface area contributed by atoms with Crippen LogP contribution in [0.25, 0.3) is 0 Å². The maximum absolute atomic E-state index is 13.5. The summed E-state index contributed by atoms with van der Waals surface area (Å²) in [5, 5.41) is 5.14. The van der Waals surface area contributed by atoms with Crippen LogP contribution in [0.2, 0.25) is 0 Å². The quantitative estimate of drug-likeness (QED) is 0.885. The van der Waals surface area contributed by atoms with E-state index in [4.69, 9.17) is 0 Å². The predicted molar refractivity (Wildman–Crippen MR) is 69.0 cm³/mol. The van der Waals surface area contributed by atoms with Gasteiger partial charge in [0.2, 0.25) is 5.91 Å². The molecule has 0 aromatic heterocycles. The molecule has 0 bridgehead atoms. The maximum atomic E-state index is 13.5. The fraction of sp³-hybridized carbons (Fsp3) is 0.500. The summed E-state index contributed by atoms with van der Waals surface area (Å²) in [6.07, 6.45) is 0.321. The molecule has 2 N–H and O–H groups in total. The van der Waals surface area contributed by atoms with E-state index in [0.717, 1.165) is 0 Å². The molecule has 2 rings (SSSR count). The molecular formula is C14H17F3N2O. The third-order valence-electron chi connectivity index (χ3n) is 3.43. The summed E-state index contributed by atoms with van der Waals surface area (Å²) in [6, 6.07) is 5.69. The van der Waals surface area contributed by atoms with Gasteiger partial charge in [0, 0.05) is 12.5 Å². The van der Waals surface area contributed by atoms with Gasteiger partial charge >= 0.3 is 0 Å². The Labute approximate surface area is 115 Å². The van der Waals surface area contributed by atoms with Gasteiger partial charge in [-0.05, 0) is 30.7 Å². The molecule has 1 saturated heterocycles. The van der Waals surface area contributed by atoms with Crippen molar-refractivity contribution in [2.75, 3.05) is 19.6 Å². The van der Waals surface area contributed by atoms with Gasteiger partial charge in [-0.25, -0.2) is 13.2 Å². The van der Waals surface area contributed by atoms with Crippen LogP contribution in [0.3, 0.4) is 0 Å². The molecule has 1 atom stereocenters. The standard InChI is InChI=1S/C14H17F3N2O/c15-12-3-1-2-10(6-12)7-13(20)19-8-11-4-5-18-9-14(11,16)17/h1-3,6,11,18H,4-5,7-9H2,(H,19,20). The summed E-state index contributed by atoms with van der Waals surface area (Å²) >= 11 is 0. The first-order chi connectivity index (χ1) is 9.47. The highest BCUT2D eigenvalue weighted by atomic mass is 19.3. The molecule has 20 heavy (non-hydrogen) atoms. The topological polar surface area (TPSA) is 41.1 Å². The van der Waals surface area contributed by atoms with Gasteiger partial charge in [-0.3, -0.25) is 4.79 Å². The molecular weight excluding hydrogens is 269 g/mol. The van der Waals surface area contributed by atoms with Gasteiger partial charge in [-0.15, -0.1) is 0 Å². The number of rotatable bonds is 4. The molecule has 1 amide bonds. The second-order valence-electron chi connectivity index (χ2n) is 5.03. The van der Waals surface area contributed by atoms with Crippen LogP contribution >= 0.6 is 0 Å². The largest absolute Gasteiger partial charge is 0.355 e. The number of carbonyl (C=O) groups excluding carboxylic acids is 1. The lowest BCUT2D eigenvalue weighted by Crippen LogP contribution is -2.50. The van der Waals surface area contributed by atoms with E-state index in [0.29, 0.717) is 18.5 Å². The highest BCUT2D eigenvalue weighted by Crippen LogP contribution is 2.28. The zero-order valence-electron chi connectivity index (χ0n) is 11.0. The van der Waals surface area contributed by atoms with Crippen molar-refractivity contribution in [3.05, 3.63) is 35.6 Å². The lowest BCUT2D eigenvalue weighted by molar-refractivity contribution is -0.122. The van der Waals surface area contributed by atoms with Crippen LogP contribution in [0, 0.1) is 11.7 Å². The number of piperidine rings is 1. The number of alkyl halides is 2. The first-order valence-corrected chi connectivity index (χ1v) is 6.57. The fourth-order valence-corrected chi connectivity index (χ4v) is 2.27. The van der Waals surface area contributed by atoms with Gasteiger partial charge < -0.3 is 10.6 Å². The lowest BCUT2D eigenvalue weighted by atomic mass is 9.94. The Kier molecular flexibility index (Phi) is 4.65. The van der Waals surface area contributed by atoms with Crippen molar-refractivity contribution in [3.8, 4) is 0 Å². The zero-order chi connectivity index (χ0) is 14.6. The van der Waals surface area contributed by atoms with E-state index in [1.54, 1.807) is 6.07 Å². The molecule has 1 fully saturated rings. The third-order valence-corrected chi connectivity index (χ3v) is 3.43. The van der Waals surface area contributed by atoms with Crippen molar-refractivity contribution in [3.63, 3.8) is 0 Å². The average molecular weight is 286 g/mol. The van der Waals surface area contributed by atoms with Crippen LogP contribution in [-0.2, 0) is 11.2 Å². The van der Waals surface area contributed by atoms with Crippen LogP contribution in [0.1, 0.15) is 12.0 Å². The first-order valence-electron chi connectivity index (χ1n) is 6.57. The minimum atomic E-state index is -2.80. The van der Waals surface area contributed by atoms with Gasteiger partial charge in [-0.2, -0.15) is 0 Å². The van der Waals surface area contributed by atoms with Crippen LogP contribution in [-0.4, -0.2) is 31.5 Å². The molecule has 6 heteroatoms. The van der Waals surface area contributed by atoms with Crippen LogP contribution in [0.4, 0.5) is 13.2 Å². The molecule has 1 aromatic rings. The molecule has 3 nitrogen and oxygen atoms in total. The molecule has 1 heterocycles. The normalized spacial score (nSPS) is 21.4. The summed E-state index contributed by atoms with van der Waals surface area (Å²) < 4.78 is 40.0. The second kappa shape index (κ2) is 6.26. The summed E-state index contributed by atoms with van der Waals surface area (Å²) in [5.74, 6) is -4.44. The van der Waals surface area contributed by atoms with Gasteiger partial charge in [-0.1, -0.05) is 12.1 Å². The van der Waals surface area contributed by atoms with Crippen molar-refractivity contribution in [1.82, 2.24) is 10.6 Å². The Morgan fingerprint density at radius 2 is 2.25 bits per heavy atom. The summed E-state index contributed by atoms with van der Waals surface area (Å²) in [6.45, 7) is 0.125. The summed E-state index contributed by atoms with van der Waals surface area (Å²) in [5.41, 5.74) is 0.527. The number of hydrogen-bond donors (Lipinski definition) is 2. The van der Waals surface area contributed by atoms with Crippen LogP contribution < -0.4 is 10.6 Å². The predicted octanol–water partition coefficient (Wildman–Crippen LogP) is 1.73. The number of halogens is 3. The van der Waals surface area contributed by atoms with Gasteiger partial charge in [0.15, 0.2) is 0 Å². The number of benzene rings is 1. The second-order valence-corrected chi connectivity index (χ2v) is 5.03. The van der Waals surface area contributed by atoms with Crippen molar-refractivity contribution in [2.45, 2.75) is 18.8 Å². The lowest BCUT2D eigenvalue weighted by Gasteiger charge is -2.31. The molecule has 0 aliphatic carbocycles. The van der Waals surface area contributed by atoms with Gasteiger partial charge in [0.25, 0.3) is 5.92 Å². The Hall–Kier alpha value is -1.56. The summed E-state index contributed by atoms with van der Waals surface area (Å²) in [4.78, 5) is 11.7. The van der Waals surface area contributed by atoms with E-state index in [-0.39, 0.29) is 25.4 Å². The Morgan fingerprint density at radius 3 is 2.95 bits per heavy atom. The van der Waals surface area contributed by atoms with Crippen molar-refractivity contribution in [2.24, 2.45) is 5.92 Å². The number of nitrogens with one attached hydrogen (secondary N) is 2. The Balaban J connectivity index is 1.83. The Bertz CT molecular complexity index is 479. The molecule has 0 radical (unpaired) electrons. The van der Waals surface area contributed by atoms with E-state index in [2.05, 4.69) is 10.6 Å². The SMILES string of the molecule is O=C(Cc1cccc(F)c1)NCC1CCNCC1(F)F. The fourth-order valence-electron chi connectivity index (χ4n) is 2.27. The van der Waals surface area contributed by atoms with Gasteiger partial charge in [0.05, 0.1) is 13.0 Å². The minimum absolute atomic E-state index is 0.00565. The van der Waals surface area contributed by atoms with Crippen molar-refractivity contribution in [1.29, 1.82) is 0 Å². The highest BCUT2D eigenvalue weighted by Gasteiger charge is 2.41. The van der Waals surface area contributed by atoms with Crippen LogP contribution in [0.15, 0.2) is 24.3 Å². The van der Waals surface area contributed by atoms with E-state index >= 15 is 0 Å². The smallest absolute Gasteiger partial charge is 0.264 e. The highest BCUT2D eigenvalue weighted by molar-refractivity contribution is 5.78. The molecule has 1 aromatic carbocycles. The van der Waals surface area contributed by atoms with Crippen molar-refractivity contribution < 1.29 is 18.0 Å². The maximum Gasteiger partial charge on any atom is 0.264 e. The van der Waals surface area contributed by atoms with E-state index < -0.39 is 17.7 Å². The van der Waals surface area contributed by atoms with Crippen molar-refractivity contribution >= 4 is 5.91 Å². The molecule has 1 unspecified atom stereocenters. The minimum Gasteiger partial charge on any atom is -0.355 e. The number of carbonyl (C=O) groups is 1. The monoisotopic (exact) mass is 286 g/mol. The van der Waals surface area contributed by atoms with E-state index in [9.17, 15) is 18.0 Å². The number of amides is 1. The molecule has 0 saturated carbocycles. The molecule has 1 aliphatic heterocycles. The zero-order valence-corrected chi connectivity index (χ0v) is 11.0. The summed E-state index contributed by atoms with van der Waals surface area (Å²) in [7, 11) is 0. The van der Waals surface area contributed by atoms with E-state index in [1.807, 2.05) is 0 Å². The molecule has 0 spiro atoms.